The van der Waals surface area contributed by atoms with Gasteiger partial charge in [0, 0.05) is 5.92 Å². The number of piperidine rings is 1. The van der Waals surface area contributed by atoms with Crippen LogP contribution < -0.4 is 0 Å². The predicted molar refractivity (Wildman–Crippen MR) is 59.3 cm³/mol. The monoisotopic (exact) mass is 197 g/mol. The standard InChI is InChI=1S/C12H23NO/c1-10(2)11(14)9-13-7-5-12(3,4)6-8-13/h10H,5-9H2,1-4H3. The molecule has 1 aliphatic heterocycles. The van der Waals surface area contributed by atoms with E-state index in [9.17, 15) is 4.79 Å². The van der Waals surface area contributed by atoms with Crippen molar-refractivity contribution in [1.82, 2.24) is 4.90 Å². The zero-order valence-corrected chi connectivity index (χ0v) is 9.97. The first-order chi connectivity index (χ1) is 6.41. The highest BCUT2D eigenvalue weighted by Gasteiger charge is 2.26. The van der Waals surface area contributed by atoms with Crippen LogP contribution in [0.1, 0.15) is 40.5 Å². The molecule has 0 aromatic heterocycles. The van der Waals surface area contributed by atoms with Crippen LogP contribution in [-0.4, -0.2) is 30.3 Å². The first-order valence-corrected chi connectivity index (χ1v) is 5.66. The summed E-state index contributed by atoms with van der Waals surface area (Å²) < 4.78 is 0. The van der Waals surface area contributed by atoms with E-state index in [1.807, 2.05) is 13.8 Å². The molecule has 1 rings (SSSR count). The third-order valence-electron chi connectivity index (χ3n) is 3.23. The number of Topliss-reactive ketones (excluding diaryl/α,β-unsaturated/α-hetero) is 1. The molecule has 82 valence electrons. The fourth-order valence-corrected chi connectivity index (χ4v) is 1.72. The van der Waals surface area contributed by atoms with Crippen molar-refractivity contribution in [3.63, 3.8) is 0 Å². The Morgan fingerprint density at radius 1 is 1.29 bits per heavy atom. The van der Waals surface area contributed by atoms with Crippen molar-refractivity contribution in [2.75, 3.05) is 19.6 Å². The Labute approximate surface area is 87.7 Å². The Morgan fingerprint density at radius 3 is 2.21 bits per heavy atom. The third kappa shape index (κ3) is 3.41. The minimum absolute atomic E-state index is 0.185. The van der Waals surface area contributed by atoms with Gasteiger partial charge in [-0.05, 0) is 31.3 Å². The summed E-state index contributed by atoms with van der Waals surface area (Å²) in [6.45, 7) is 11.4. The van der Waals surface area contributed by atoms with E-state index in [0.29, 0.717) is 17.7 Å². The van der Waals surface area contributed by atoms with Gasteiger partial charge in [-0.25, -0.2) is 0 Å². The summed E-state index contributed by atoms with van der Waals surface area (Å²) in [5.41, 5.74) is 0.484. The van der Waals surface area contributed by atoms with Crippen molar-refractivity contribution in [2.24, 2.45) is 11.3 Å². The van der Waals surface area contributed by atoms with Crippen LogP contribution in [-0.2, 0) is 4.79 Å². The summed E-state index contributed by atoms with van der Waals surface area (Å²) >= 11 is 0. The quantitative estimate of drug-likeness (QED) is 0.692. The van der Waals surface area contributed by atoms with Crippen molar-refractivity contribution in [3.05, 3.63) is 0 Å². The predicted octanol–water partition coefficient (Wildman–Crippen LogP) is 2.33. The molecule has 0 amide bonds. The Bertz CT molecular complexity index is 198. The summed E-state index contributed by atoms with van der Waals surface area (Å²) in [5.74, 6) is 0.564. The van der Waals surface area contributed by atoms with Crippen molar-refractivity contribution in [3.8, 4) is 0 Å². The minimum Gasteiger partial charge on any atom is -0.298 e. The highest BCUT2D eigenvalue weighted by molar-refractivity contribution is 5.82. The van der Waals surface area contributed by atoms with Crippen LogP contribution in [0.4, 0.5) is 0 Å². The molecule has 1 heterocycles. The first kappa shape index (κ1) is 11.7. The van der Waals surface area contributed by atoms with Gasteiger partial charge < -0.3 is 0 Å². The number of carbonyl (C=O) groups is 1. The lowest BCUT2D eigenvalue weighted by molar-refractivity contribution is -0.123. The maximum absolute atomic E-state index is 11.5. The van der Waals surface area contributed by atoms with E-state index in [-0.39, 0.29) is 5.92 Å². The highest BCUT2D eigenvalue weighted by atomic mass is 16.1. The van der Waals surface area contributed by atoms with Crippen LogP contribution in [0.2, 0.25) is 0 Å². The van der Waals surface area contributed by atoms with Crippen molar-refractivity contribution < 1.29 is 4.79 Å². The lowest BCUT2D eigenvalue weighted by Gasteiger charge is -2.36. The van der Waals surface area contributed by atoms with Gasteiger partial charge in [0.2, 0.25) is 0 Å². The molecule has 0 bridgehead atoms. The second-order valence-electron chi connectivity index (χ2n) is 5.56. The lowest BCUT2D eigenvalue weighted by Crippen LogP contribution is -2.40. The Morgan fingerprint density at radius 2 is 1.79 bits per heavy atom. The minimum atomic E-state index is 0.185. The molecule has 0 aromatic rings. The zero-order chi connectivity index (χ0) is 10.8. The van der Waals surface area contributed by atoms with Gasteiger partial charge >= 0.3 is 0 Å². The van der Waals surface area contributed by atoms with Gasteiger partial charge in [-0.2, -0.15) is 0 Å². The molecule has 0 N–H and O–H groups in total. The number of rotatable bonds is 3. The largest absolute Gasteiger partial charge is 0.298 e. The second-order valence-corrected chi connectivity index (χ2v) is 5.56. The van der Waals surface area contributed by atoms with Crippen LogP contribution in [0.5, 0.6) is 0 Å². The molecule has 0 saturated carbocycles. The van der Waals surface area contributed by atoms with Crippen molar-refractivity contribution in [2.45, 2.75) is 40.5 Å². The number of nitrogens with zero attached hydrogens (tertiary/aromatic N) is 1. The van der Waals surface area contributed by atoms with Gasteiger partial charge in [-0.3, -0.25) is 9.69 Å². The van der Waals surface area contributed by atoms with Gasteiger partial charge in [-0.1, -0.05) is 27.7 Å². The van der Waals surface area contributed by atoms with Crippen LogP contribution >= 0.6 is 0 Å². The summed E-state index contributed by atoms with van der Waals surface area (Å²) in [7, 11) is 0. The molecule has 0 aliphatic carbocycles. The van der Waals surface area contributed by atoms with Crippen molar-refractivity contribution in [1.29, 1.82) is 0 Å². The van der Waals surface area contributed by atoms with Crippen LogP contribution in [0, 0.1) is 11.3 Å². The maximum Gasteiger partial charge on any atom is 0.149 e. The smallest absolute Gasteiger partial charge is 0.149 e. The molecular formula is C12H23NO. The van der Waals surface area contributed by atoms with Crippen molar-refractivity contribution >= 4 is 5.78 Å². The summed E-state index contributed by atoms with van der Waals surface area (Å²) in [4.78, 5) is 13.8. The maximum atomic E-state index is 11.5. The fourth-order valence-electron chi connectivity index (χ4n) is 1.72. The zero-order valence-electron chi connectivity index (χ0n) is 9.97. The molecule has 1 aliphatic rings. The van der Waals surface area contributed by atoms with Gasteiger partial charge in [0.15, 0.2) is 0 Å². The van der Waals surface area contributed by atoms with E-state index in [1.54, 1.807) is 0 Å². The molecule has 0 atom stereocenters. The van der Waals surface area contributed by atoms with E-state index in [4.69, 9.17) is 0 Å². The number of hydrogen-bond donors (Lipinski definition) is 0. The molecule has 1 fully saturated rings. The molecule has 2 heteroatoms. The topological polar surface area (TPSA) is 20.3 Å². The highest BCUT2D eigenvalue weighted by Crippen LogP contribution is 2.29. The molecule has 0 aromatic carbocycles. The van der Waals surface area contributed by atoms with E-state index < -0.39 is 0 Å². The average molecular weight is 197 g/mol. The number of ketones is 1. The SMILES string of the molecule is CC(C)C(=O)CN1CCC(C)(C)CC1. The molecule has 0 spiro atoms. The van der Waals surface area contributed by atoms with Crippen LogP contribution in [0.15, 0.2) is 0 Å². The van der Waals surface area contributed by atoms with Gasteiger partial charge in [0.25, 0.3) is 0 Å². The molecule has 2 nitrogen and oxygen atoms in total. The molecule has 0 radical (unpaired) electrons. The Kier molecular flexibility index (Phi) is 3.71. The number of likely N-dealkylation sites (tertiary alicyclic amines) is 1. The molecule has 0 unspecified atom stereocenters. The molecule has 14 heavy (non-hydrogen) atoms. The summed E-state index contributed by atoms with van der Waals surface area (Å²) in [6, 6.07) is 0. The van der Waals surface area contributed by atoms with Gasteiger partial charge in [-0.15, -0.1) is 0 Å². The molecule has 1 saturated heterocycles. The van der Waals surface area contributed by atoms with E-state index in [1.165, 1.54) is 12.8 Å². The third-order valence-corrected chi connectivity index (χ3v) is 3.23. The fraction of sp³-hybridized carbons (Fsp3) is 0.917. The number of hydrogen-bond acceptors (Lipinski definition) is 2. The van der Waals surface area contributed by atoms with Crippen LogP contribution in [0.3, 0.4) is 0 Å². The van der Waals surface area contributed by atoms with E-state index in [2.05, 4.69) is 18.7 Å². The normalized spacial score (nSPS) is 22.6. The van der Waals surface area contributed by atoms with Gasteiger partial charge in [0.1, 0.15) is 5.78 Å². The summed E-state index contributed by atoms with van der Waals surface area (Å²) in [6.07, 6.45) is 2.44. The molecular weight excluding hydrogens is 174 g/mol. The first-order valence-electron chi connectivity index (χ1n) is 5.66. The Balaban J connectivity index is 2.33. The van der Waals surface area contributed by atoms with E-state index >= 15 is 0 Å². The lowest BCUT2D eigenvalue weighted by atomic mass is 9.82. The Hall–Kier alpha value is -0.370. The average Bonchev–Trinajstić information content (AvgIpc) is 2.08. The van der Waals surface area contributed by atoms with Crippen LogP contribution in [0.25, 0.3) is 0 Å². The number of carbonyl (C=O) groups excluding carboxylic acids is 1. The van der Waals surface area contributed by atoms with E-state index in [0.717, 1.165) is 13.1 Å². The van der Waals surface area contributed by atoms with Gasteiger partial charge in [0.05, 0.1) is 6.54 Å². The summed E-state index contributed by atoms with van der Waals surface area (Å²) in [5, 5.41) is 0. The second kappa shape index (κ2) is 4.43.